The number of carboxylic acid groups (broad SMARTS) is 1. The van der Waals surface area contributed by atoms with E-state index >= 15 is 0 Å². The number of carbonyl (C=O) groups is 1. The fourth-order valence-electron chi connectivity index (χ4n) is 3.27. The number of hydrogen-bond donors (Lipinski definition) is 1. The number of aliphatic carboxylic acids is 1. The normalized spacial score (nSPS) is 15.9. The summed E-state index contributed by atoms with van der Waals surface area (Å²) >= 11 is 0. The monoisotopic (exact) mass is 310 g/mol. The Hall–Kier alpha value is -1.06. The standard InChI is InChI=1S/C18H34N2O2/c1-3-5-6-7-8-9-10-12-17-19-13-14-20(17)16(11-4-2)15-18(21)22/h16H,3-15H2,1-2H3,(H,21,22). The molecule has 1 atom stereocenters. The summed E-state index contributed by atoms with van der Waals surface area (Å²) in [5.74, 6) is 0.467. The molecule has 0 aliphatic carbocycles. The van der Waals surface area contributed by atoms with Gasteiger partial charge in [-0.1, -0.05) is 58.8 Å². The van der Waals surface area contributed by atoms with Crippen molar-refractivity contribution >= 4 is 11.8 Å². The van der Waals surface area contributed by atoms with E-state index in [0.29, 0.717) is 0 Å². The molecule has 4 nitrogen and oxygen atoms in total. The Balaban J connectivity index is 2.30. The lowest BCUT2D eigenvalue weighted by Crippen LogP contribution is -2.39. The van der Waals surface area contributed by atoms with Crippen molar-refractivity contribution in [2.75, 3.05) is 13.1 Å². The van der Waals surface area contributed by atoms with E-state index in [1.54, 1.807) is 0 Å². The summed E-state index contributed by atoms with van der Waals surface area (Å²) in [6.07, 6.45) is 12.4. The van der Waals surface area contributed by atoms with Gasteiger partial charge in [0, 0.05) is 19.0 Å². The summed E-state index contributed by atoms with van der Waals surface area (Å²) in [5.41, 5.74) is 0. The van der Waals surface area contributed by atoms with Crippen LogP contribution in [0, 0.1) is 0 Å². The zero-order chi connectivity index (χ0) is 16.2. The summed E-state index contributed by atoms with van der Waals surface area (Å²) in [6.45, 7) is 6.12. The maximum absolute atomic E-state index is 11.1. The van der Waals surface area contributed by atoms with E-state index in [4.69, 9.17) is 5.11 Å². The first-order chi connectivity index (χ1) is 10.7. The lowest BCUT2D eigenvalue weighted by Gasteiger charge is -2.29. The number of amidine groups is 1. The highest BCUT2D eigenvalue weighted by molar-refractivity contribution is 5.84. The minimum absolute atomic E-state index is 0.133. The first-order valence-corrected chi connectivity index (χ1v) is 9.20. The Morgan fingerprint density at radius 2 is 1.82 bits per heavy atom. The van der Waals surface area contributed by atoms with Crippen LogP contribution in [0.1, 0.15) is 84.5 Å². The molecule has 0 fully saturated rings. The van der Waals surface area contributed by atoms with E-state index in [2.05, 4.69) is 23.7 Å². The predicted octanol–water partition coefficient (Wildman–Crippen LogP) is 4.48. The molecule has 0 aromatic rings. The smallest absolute Gasteiger partial charge is 0.305 e. The molecular weight excluding hydrogens is 276 g/mol. The van der Waals surface area contributed by atoms with Crippen molar-refractivity contribution < 1.29 is 9.90 Å². The van der Waals surface area contributed by atoms with Crippen molar-refractivity contribution in [3.63, 3.8) is 0 Å². The van der Waals surface area contributed by atoms with Crippen molar-refractivity contribution in [2.24, 2.45) is 4.99 Å². The number of rotatable bonds is 13. The van der Waals surface area contributed by atoms with Crippen LogP contribution in [0.15, 0.2) is 4.99 Å². The summed E-state index contributed by atoms with van der Waals surface area (Å²) < 4.78 is 0. The largest absolute Gasteiger partial charge is 0.481 e. The van der Waals surface area contributed by atoms with E-state index < -0.39 is 5.97 Å². The molecule has 128 valence electrons. The quantitative estimate of drug-likeness (QED) is 0.510. The molecule has 0 bridgehead atoms. The van der Waals surface area contributed by atoms with Crippen molar-refractivity contribution in [2.45, 2.75) is 90.5 Å². The van der Waals surface area contributed by atoms with Crippen LogP contribution in [0.3, 0.4) is 0 Å². The van der Waals surface area contributed by atoms with E-state index in [9.17, 15) is 4.79 Å². The van der Waals surface area contributed by atoms with Crippen LogP contribution in [-0.2, 0) is 4.79 Å². The lowest BCUT2D eigenvalue weighted by molar-refractivity contribution is -0.138. The van der Waals surface area contributed by atoms with Crippen molar-refractivity contribution in [1.82, 2.24) is 4.90 Å². The van der Waals surface area contributed by atoms with Crippen LogP contribution in [0.25, 0.3) is 0 Å². The first kappa shape index (κ1) is 19.0. The second-order valence-corrected chi connectivity index (χ2v) is 6.40. The topological polar surface area (TPSA) is 52.9 Å². The van der Waals surface area contributed by atoms with E-state index in [1.807, 2.05) is 0 Å². The molecule has 0 saturated heterocycles. The minimum Gasteiger partial charge on any atom is -0.481 e. The number of aliphatic imine (C=N–C) groups is 1. The van der Waals surface area contributed by atoms with Crippen molar-refractivity contribution in [1.29, 1.82) is 0 Å². The van der Waals surface area contributed by atoms with Gasteiger partial charge >= 0.3 is 5.97 Å². The van der Waals surface area contributed by atoms with Crippen molar-refractivity contribution in [3.8, 4) is 0 Å². The van der Waals surface area contributed by atoms with Gasteiger partial charge in [0.25, 0.3) is 0 Å². The van der Waals surface area contributed by atoms with Gasteiger partial charge in [-0.05, 0) is 12.8 Å². The summed E-state index contributed by atoms with van der Waals surface area (Å²) in [4.78, 5) is 18.0. The van der Waals surface area contributed by atoms with Gasteiger partial charge in [-0.15, -0.1) is 0 Å². The highest BCUT2D eigenvalue weighted by atomic mass is 16.4. The van der Waals surface area contributed by atoms with Crippen LogP contribution in [-0.4, -0.2) is 40.9 Å². The molecule has 1 N–H and O–H groups in total. The van der Waals surface area contributed by atoms with Crippen LogP contribution < -0.4 is 0 Å². The van der Waals surface area contributed by atoms with E-state index in [-0.39, 0.29) is 12.5 Å². The molecule has 1 unspecified atom stereocenters. The fourth-order valence-corrected chi connectivity index (χ4v) is 3.27. The first-order valence-electron chi connectivity index (χ1n) is 9.20. The predicted molar refractivity (Wildman–Crippen MR) is 92.6 cm³/mol. The van der Waals surface area contributed by atoms with E-state index in [0.717, 1.165) is 38.2 Å². The third kappa shape index (κ3) is 7.28. The average molecular weight is 310 g/mol. The number of unbranched alkanes of at least 4 members (excludes halogenated alkanes) is 6. The molecule has 0 saturated carbocycles. The van der Waals surface area contributed by atoms with Gasteiger partial charge in [-0.25, -0.2) is 0 Å². The maximum Gasteiger partial charge on any atom is 0.305 e. The van der Waals surface area contributed by atoms with Gasteiger partial charge in [-0.2, -0.15) is 0 Å². The van der Waals surface area contributed by atoms with Crippen molar-refractivity contribution in [3.05, 3.63) is 0 Å². The molecule has 1 aliphatic heterocycles. The Morgan fingerprint density at radius 3 is 2.45 bits per heavy atom. The fraction of sp³-hybridized carbons (Fsp3) is 0.889. The molecule has 4 heteroatoms. The molecule has 1 heterocycles. The van der Waals surface area contributed by atoms with Gasteiger partial charge in [-0.3, -0.25) is 9.79 Å². The van der Waals surface area contributed by atoms with Gasteiger partial charge in [0.15, 0.2) is 0 Å². The molecule has 0 aromatic heterocycles. The van der Waals surface area contributed by atoms with Crippen LogP contribution in [0.5, 0.6) is 0 Å². The molecule has 22 heavy (non-hydrogen) atoms. The Kier molecular flexibility index (Phi) is 9.93. The zero-order valence-corrected chi connectivity index (χ0v) is 14.5. The van der Waals surface area contributed by atoms with Gasteiger partial charge in [0.05, 0.1) is 18.8 Å². The molecule has 1 rings (SSSR count). The third-order valence-corrected chi connectivity index (χ3v) is 4.44. The number of nitrogens with zero attached hydrogens (tertiary/aromatic N) is 2. The maximum atomic E-state index is 11.1. The lowest BCUT2D eigenvalue weighted by atomic mass is 10.0. The van der Waals surface area contributed by atoms with Crippen LogP contribution in [0.2, 0.25) is 0 Å². The summed E-state index contributed by atoms with van der Waals surface area (Å²) in [5, 5.41) is 9.11. The SMILES string of the molecule is CCCCCCCCCC1=NCCN1C(CCC)CC(=O)O. The second kappa shape index (κ2) is 11.5. The Morgan fingerprint density at radius 1 is 1.14 bits per heavy atom. The van der Waals surface area contributed by atoms with Crippen LogP contribution >= 0.6 is 0 Å². The Labute approximate surface area is 136 Å². The third-order valence-electron chi connectivity index (χ3n) is 4.44. The minimum atomic E-state index is -0.694. The molecular formula is C18H34N2O2. The Bertz CT molecular complexity index is 342. The van der Waals surface area contributed by atoms with Gasteiger partial charge in [0.2, 0.25) is 0 Å². The molecule has 0 amide bonds. The highest BCUT2D eigenvalue weighted by Crippen LogP contribution is 2.19. The summed E-state index contributed by atoms with van der Waals surface area (Å²) in [7, 11) is 0. The molecule has 0 radical (unpaired) electrons. The highest BCUT2D eigenvalue weighted by Gasteiger charge is 2.26. The zero-order valence-electron chi connectivity index (χ0n) is 14.5. The van der Waals surface area contributed by atoms with Gasteiger partial charge in [0.1, 0.15) is 0 Å². The number of carboxylic acids is 1. The van der Waals surface area contributed by atoms with E-state index in [1.165, 1.54) is 44.9 Å². The molecule has 0 aromatic carbocycles. The summed E-state index contributed by atoms with van der Waals surface area (Å²) in [6, 6.07) is 0.133. The second-order valence-electron chi connectivity index (χ2n) is 6.40. The average Bonchev–Trinajstić information content (AvgIpc) is 2.94. The number of hydrogen-bond acceptors (Lipinski definition) is 3. The molecule has 0 spiro atoms. The van der Waals surface area contributed by atoms with Gasteiger partial charge < -0.3 is 10.0 Å². The van der Waals surface area contributed by atoms with Crippen LogP contribution in [0.4, 0.5) is 0 Å². The molecule has 1 aliphatic rings.